The van der Waals surface area contributed by atoms with E-state index in [2.05, 4.69) is 29.7 Å². The van der Waals surface area contributed by atoms with Crippen LogP contribution >= 0.6 is 0 Å². The number of carbonyl (C=O) groups is 1. The highest BCUT2D eigenvalue weighted by Crippen LogP contribution is 2.29. The summed E-state index contributed by atoms with van der Waals surface area (Å²) in [5, 5.41) is 6.33. The highest BCUT2D eigenvalue weighted by molar-refractivity contribution is 5.90. The van der Waals surface area contributed by atoms with Gasteiger partial charge in [0.25, 0.3) is 0 Å². The smallest absolute Gasteiger partial charge is 0.224 e. The van der Waals surface area contributed by atoms with Crippen LogP contribution in [0.3, 0.4) is 0 Å². The van der Waals surface area contributed by atoms with Crippen LogP contribution in [0.4, 0.5) is 5.69 Å². The lowest BCUT2D eigenvalue weighted by Crippen LogP contribution is -2.27. The molecule has 0 saturated carbocycles. The van der Waals surface area contributed by atoms with Crippen molar-refractivity contribution < 1.29 is 4.79 Å². The monoisotopic (exact) mass is 246 g/mol. The lowest BCUT2D eigenvalue weighted by atomic mass is 9.87. The molecule has 0 atom stereocenters. The molecule has 1 saturated heterocycles. The van der Waals surface area contributed by atoms with E-state index in [0.29, 0.717) is 12.3 Å². The normalized spacial score (nSPS) is 16.6. The highest BCUT2D eigenvalue weighted by atomic mass is 16.1. The largest absolute Gasteiger partial charge is 0.326 e. The molecule has 1 aliphatic rings. The second-order valence-electron chi connectivity index (χ2n) is 5.00. The summed E-state index contributed by atoms with van der Waals surface area (Å²) >= 11 is 0. The van der Waals surface area contributed by atoms with E-state index in [4.69, 9.17) is 0 Å². The lowest BCUT2D eigenvalue weighted by molar-refractivity contribution is -0.115. The Kier molecular flexibility index (Phi) is 4.37. The van der Waals surface area contributed by atoms with E-state index in [1.165, 1.54) is 24.0 Å². The molecule has 3 heteroatoms. The van der Waals surface area contributed by atoms with E-state index in [9.17, 15) is 4.79 Å². The number of hydrogen-bond donors (Lipinski definition) is 2. The summed E-state index contributed by atoms with van der Waals surface area (Å²) in [6.45, 7) is 6.21. The van der Waals surface area contributed by atoms with Gasteiger partial charge in [0.15, 0.2) is 0 Å². The minimum atomic E-state index is 0.0788. The van der Waals surface area contributed by atoms with Crippen LogP contribution in [0.1, 0.15) is 43.2 Å². The van der Waals surface area contributed by atoms with E-state index in [1.54, 1.807) is 0 Å². The number of piperidine rings is 1. The molecule has 1 aliphatic heterocycles. The fraction of sp³-hybridized carbons (Fsp3) is 0.533. The SMILES string of the molecule is CCC(=O)Nc1ccc(C)c(C2CCNCC2)c1. The fourth-order valence-corrected chi connectivity index (χ4v) is 2.54. The molecule has 0 aromatic heterocycles. The number of hydrogen-bond acceptors (Lipinski definition) is 2. The number of aryl methyl sites for hydroxylation is 1. The van der Waals surface area contributed by atoms with Crippen LogP contribution in [-0.2, 0) is 4.79 Å². The molecule has 1 aromatic carbocycles. The van der Waals surface area contributed by atoms with Gasteiger partial charge in [0.05, 0.1) is 0 Å². The topological polar surface area (TPSA) is 41.1 Å². The van der Waals surface area contributed by atoms with Gasteiger partial charge in [-0.15, -0.1) is 0 Å². The van der Waals surface area contributed by atoms with Gasteiger partial charge in [-0.05, 0) is 62.0 Å². The third-order valence-corrected chi connectivity index (χ3v) is 3.66. The number of nitrogens with one attached hydrogen (secondary N) is 2. The van der Waals surface area contributed by atoms with Crippen LogP contribution in [0.15, 0.2) is 18.2 Å². The summed E-state index contributed by atoms with van der Waals surface area (Å²) in [7, 11) is 0. The average Bonchev–Trinajstić information content (AvgIpc) is 2.42. The molecular weight excluding hydrogens is 224 g/mol. The van der Waals surface area contributed by atoms with Crippen molar-refractivity contribution in [2.45, 2.75) is 39.0 Å². The Labute approximate surface area is 109 Å². The highest BCUT2D eigenvalue weighted by Gasteiger charge is 2.17. The molecule has 1 aromatic rings. The molecule has 1 fully saturated rings. The van der Waals surface area contributed by atoms with Gasteiger partial charge in [0.1, 0.15) is 0 Å². The van der Waals surface area contributed by atoms with Crippen molar-refractivity contribution in [2.24, 2.45) is 0 Å². The van der Waals surface area contributed by atoms with Gasteiger partial charge in [0, 0.05) is 12.1 Å². The maximum Gasteiger partial charge on any atom is 0.224 e. The molecule has 98 valence electrons. The third kappa shape index (κ3) is 3.10. The molecule has 0 unspecified atom stereocenters. The Hall–Kier alpha value is -1.35. The van der Waals surface area contributed by atoms with Gasteiger partial charge in [-0.3, -0.25) is 4.79 Å². The Bertz CT molecular complexity index is 423. The molecule has 0 spiro atoms. The van der Waals surface area contributed by atoms with Gasteiger partial charge in [-0.2, -0.15) is 0 Å². The molecule has 2 rings (SSSR count). The van der Waals surface area contributed by atoms with Crippen molar-refractivity contribution in [3.63, 3.8) is 0 Å². The summed E-state index contributed by atoms with van der Waals surface area (Å²) < 4.78 is 0. The van der Waals surface area contributed by atoms with Crippen LogP contribution < -0.4 is 10.6 Å². The fourth-order valence-electron chi connectivity index (χ4n) is 2.54. The first-order valence-electron chi connectivity index (χ1n) is 6.82. The number of carbonyl (C=O) groups excluding carboxylic acids is 1. The molecule has 2 N–H and O–H groups in total. The number of anilines is 1. The Balaban J connectivity index is 2.17. The van der Waals surface area contributed by atoms with Gasteiger partial charge in [-0.25, -0.2) is 0 Å². The van der Waals surface area contributed by atoms with Crippen molar-refractivity contribution in [1.82, 2.24) is 5.32 Å². The summed E-state index contributed by atoms with van der Waals surface area (Å²) in [4.78, 5) is 11.4. The van der Waals surface area contributed by atoms with Crippen LogP contribution in [0.2, 0.25) is 0 Å². The molecule has 1 heterocycles. The van der Waals surface area contributed by atoms with E-state index in [0.717, 1.165) is 18.8 Å². The summed E-state index contributed by atoms with van der Waals surface area (Å²) in [6.07, 6.45) is 2.90. The number of amides is 1. The zero-order chi connectivity index (χ0) is 13.0. The van der Waals surface area contributed by atoms with Crippen LogP contribution in [-0.4, -0.2) is 19.0 Å². The average molecular weight is 246 g/mol. The molecule has 0 radical (unpaired) electrons. The third-order valence-electron chi connectivity index (χ3n) is 3.66. The van der Waals surface area contributed by atoms with Crippen LogP contribution in [0.25, 0.3) is 0 Å². The first-order chi connectivity index (χ1) is 8.70. The van der Waals surface area contributed by atoms with Crippen molar-refractivity contribution in [2.75, 3.05) is 18.4 Å². The van der Waals surface area contributed by atoms with Gasteiger partial charge in [0.2, 0.25) is 5.91 Å². The number of benzene rings is 1. The van der Waals surface area contributed by atoms with Gasteiger partial charge >= 0.3 is 0 Å². The molecule has 0 bridgehead atoms. The molecule has 3 nitrogen and oxygen atoms in total. The van der Waals surface area contributed by atoms with Crippen molar-refractivity contribution in [3.8, 4) is 0 Å². The summed E-state index contributed by atoms with van der Waals surface area (Å²) in [5.74, 6) is 0.708. The van der Waals surface area contributed by atoms with E-state index in [1.807, 2.05) is 13.0 Å². The second-order valence-corrected chi connectivity index (χ2v) is 5.00. The lowest BCUT2D eigenvalue weighted by Gasteiger charge is -2.25. The number of rotatable bonds is 3. The van der Waals surface area contributed by atoms with Gasteiger partial charge < -0.3 is 10.6 Å². The summed E-state index contributed by atoms with van der Waals surface area (Å²) in [6, 6.07) is 6.26. The standard InChI is InChI=1S/C15H22N2O/c1-3-15(18)17-13-5-4-11(2)14(10-13)12-6-8-16-9-7-12/h4-5,10,12,16H,3,6-9H2,1-2H3,(H,17,18). The van der Waals surface area contributed by atoms with E-state index >= 15 is 0 Å². The minimum absolute atomic E-state index is 0.0788. The van der Waals surface area contributed by atoms with Crippen molar-refractivity contribution in [3.05, 3.63) is 29.3 Å². The quantitative estimate of drug-likeness (QED) is 0.861. The maximum atomic E-state index is 11.4. The Morgan fingerprint density at radius 1 is 1.39 bits per heavy atom. The first kappa shape index (κ1) is 13.1. The minimum Gasteiger partial charge on any atom is -0.326 e. The zero-order valence-electron chi connectivity index (χ0n) is 11.3. The Morgan fingerprint density at radius 2 is 2.11 bits per heavy atom. The first-order valence-corrected chi connectivity index (χ1v) is 6.82. The van der Waals surface area contributed by atoms with Crippen molar-refractivity contribution in [1.29, 1.82) is 0 Å². The Morgan fingerprint density at radius 3 is 2.78 bits per heavy atom. The van der Waals surface area contributed by atoms with E-state index in [-0.39, 0.29) is 5.91 Å². The van der Waals surface area contributed by atoms with Crippen LogP contribution in [0.5, 0.6) is 0 Å². The second kappa shape index (κ2) is 6.01. The zero-order valence-corrected chi connectivity index (χ0v) is 11.3. The summed E-state index contributed by atoms with van der Waals surface area (Å²) in [5.41, 5.74) is 3.66. The van der Waals surface area contributed by atoms with Crippen molar-refractivity contribution >= 4 is 11.6 Å². The predicted octanol–water partition coefficient (Wildman–Crippen LogP) is 2.81. The molecule has 0 aliphatic carbocycles. The maximum absolute atomic E-state index is 11.4. The molecular formula is C15H22N2O. The molecule has 18 heavy (non-hydrogen) atoms. The predicted molar refractivity (Wildman–Crippen MR) is 74.9 cm³/mol. The molecule has 1 amide bonds. The van der Waals surface area contributed by atoms with E-state index < -0.39 is 0 Å². The van der Waals surface area contributed by atoms with Gasteiger partial charge in [-0.1, -0.05) is 13.0 Å². The van der Waals surface area contributed by atoms with Crippen LogP contribution in [0, 0.1) is 6.92 Å².